The molecule has 1 saturated carbocycles. The van der Waals surface area contributed by atoms with E-state index >= 15 is 0 Å². The van der Waals surface area contributed by atoms with Crippen LogP contribution >= 0.6 is 0 Å². The van der Waals surface area contributed by atoms with Gasteiger partial charge in [-0.2, -0.15) is 0 Å². The Morgan fingerprint density at radius 3 is 2.64 bits per heavy atom. The third-order valence-corrected chi connectivity index (χ3v) is 2.41. The van der Waals surface area contributed by atoms with E-state index in [2.05, 4.69) is 0 Å². The fourth-order valence-corrected chi connectivity index (χ4v) is 1.84. The second kappa shape index (κ2) is 4.04. The van der Waals surface area contributed by atoms with Crippen molar-refractivity contribution in [2.75, 3.05) is 20.8 Å². The number of nitrogens with two attached hydrogens (primary N) is 1. The van der Waals surface area contributed by atoms with Crippen LogP contribution in [0.4, 0.5) is 0 Å². The maximum absolute atomic E-state index is 5.83. The number of hydrogen-bond donors (Lipinski definition) is 1. The maximum atomic E-state index is 5.83. The van der Waals surface area contributed by atoms with Gasteiger partial charge in [0.1, 0.15) is 0 Å². The summed E-state index contributed by atoms with van der Waals surface area (Å²) in [4.78, 5) is 0. The Bertz CT molecular complexity index is 117. The average molecular weight is 159 g/mol. The maximum Gasteiger partial charge on any atom is 0.0772 e. The summed E-state index contributed by atoms with van der Waals surface area (Å²) < 4.78 is 10.4. The predicted molar refractivity (Wildman–Crippen MR) is 43.4 cm³/mol. The molecule has 0 heterocycles. The van der Waals surface area contributed by atoms with E-state index in [1.165, 1.54) is 0 Å². The quantitative estimate of drug-likeness (QED) is 0.647. The first-order valence-electron chi connectivity index (χ1n) is 4.07. The Balaban J connectivity index is 2.40. The Hall–Kier alpha value is -0.120. The Morgan fingerprint density at radius 2 is 2.09 bits per heavy atom. The lowest BCUT2D eigenvalue weighted by Gasteiger charge is -2.20. The van der Waals surface area contributed by atoms with Gasteiger partial charge in [0.2, 0.25) is 0 Å². The number of hydrogen-bond acceptors (Lipinski definition) is 3. The van der Waals surface area contributed by atoms with E-state index in [1.54, 1.807) is 14.2 Å². The van der Waals surface area contributed by atoms with Crippen molar-refractivity contribution in [1.82, 2.24) is 0 Å². The van der Waals surface area contributed by atoms with Gasteiger partial charge in [-0.3, -0.25) is 0 Å². The van der Waals surface area contributed by atoms with Crippen molar-refractivity contribution < 1.29 is 9.47 Å². The van der Waals surface area contributed by atoms with Crippen molar-refractivity contribution in [2.24, 2.45) is 11.7 Å². The smallest absolute Gasteiger partial charge is 0.0772 e. The first-order valence-corrected chi connectivity index (χ1v) is 4.07. The van der Waals surface area contributed by atoms with Gasteiger partial charge in [0.15, 0.2) is 0 Å². The molecule has 3 nitrogen and oxygen atoms in total. The highest BCUT2D eigenvalue weighted by molar-refractivity contribution is 4.88. The largest absolute Gasteiger partial charge is 0.384 e. The van der Waals surface area contributed by atoms with Crippen molar-refractivity contribution in [3.8, 4) is 0 Å². The monoisotopic (exact) mass is 159 g/mol. The van der Waals surface area contributed by atoms with Gasteiger partial charge in [0.05, 0.1) is 12.7 Å². The van der Waals surface area contributed by atoms with Crippen LogP contribution in [0.3, 0.4) is 0 Å². The van der Waals surface area contributed by atoms with Crippen molar-refractivity contribution in [1.29, 1.82) is 0 Å². The van der Waals surface area contributed by atoms with Gasteiger partial charge in [-0.1, -0.05) is 0 Å². The molecule has 11 heavy (non-hydrogen) atoms. The fraction of sp³-hybridized carbons (Fsp3) is 1.00. The first kappa shape index (κ1) is 8.97. The molecule has 3 heteroatoms. The van der Waals surface area contributed by atoms with E-state index in [0.717, 1.165) is 19.4 Å². The minimum absolute atomic E-state index is 0.204. The van der Waals surface area contributed by atoms with Gasteiger partial charge in [-0.15, -0.1) is 0 Å². The summed E-state index contributed by atoms with van der Waals surface area (Å²) in [6.07, 6.45) is 2.40. The molecular formula is C8H17NO2. The molecule has 0 bridgehead atoms. The van der Waals surface area contributed by atoms with Gasteiger partial charge in [-0.25, -0.2) is 0 Å². The predicted octanol–water partition coefficient (Wildman–Crippen LogP) is 0.385. The van der Waals surface area contributed by atoms with Crippen LogP contribution in [-0.2, 0) is 9.47 Å². The zero-order chi connectivity index (χ0) is 8.27. The van der Waals surface area contributed by atoms with Crippen LogP contribution in [0.15, 0.2) is 0 Å². The summed E-state index contributed by atoms with van der Waals surface area (Å²) in [6.45, 7) is 0.770. The molecule has 0 saturated heterocycles. The van der Waals surface area contributed by atoms with Gasteiger partial charge in [0.25, 0.3) is 0 Å². The molecule has 3 atom stereocenters. The highest BCUT2D eigenvalue weighted by Gasteiger charge is 2.33. The Labute approximate surface area is 67.9 Å². The van der Waals surface area contributed by atoms with Crippen LogP contribution in [-0.4, -0.2) is 33.0 Å². The molecule has 66 valence electrons. The van der Waals surface area contributed by atoms with Gasteiger partial charge in [-0.05, 0) is 12.8 Å². The highest BCUT2D eigenvalue weighted by atomic mass is 16.5. The zero-order valence-corrected chi connectivity index (χ0v) is 7.25. The van der Waals surface area contributed by atoms with Crippen LogP contribution < -0.4 is 5.73 Å². The minimum Gasteiger partial charge on any atom is -0.384 e. The molecule has 0 aromatic rings. The standard InChI is InChI=1S/C8H17NO2/c1-10-5-6-3-4-7(9)8(6)11-2/h6-8H,3-5,9H2,1-2H3/t6-,7-,8-/m1/s1. The molecule has 1 aliphatic rings. The molecule has 2 N–H and O–H groups in total. The molecule has 0 aromatic carbocycles. The lowest BCUT2D eigenvalue weighted by atomic mass is 10.1. The number of ether oxygens (including phenoxy) is 2. The zero-order valence-electron chi connectivity index (χ0n) is 7.25. The lowest BCUT2D eigenvalue weighted by molar-refractivity contribution is 0.0254. The van der Waals surface area contributed by atoms with E-state index < -0.39 is 0 Å². The molecule has 0 radical (unpaired) electrons. The van der Waals surface area contributed by atoms with Crippen molar-refractivity contribution >= 4 is 0 Å². The molecule has 0 aliphatic heterocycles. The third kappa shape index (κ3) is 1.92. The van der Waals surface area contributed by atoms with E-state index in [4.69, 9.17) is 15.2 Å². The van der Waals surface area contributed by atoms with Crippen molar-refractivity contribution in [2.45, 2.75) is 25.0 Å². The molecule has 0 amide bonds. The van der Waals surface area contributed by atoms with Crippen LogP contribution in [0.5, 0.6) is 0 Å². The summed E-state index contributed by atoms with van der Waals surface area (Å²) in [5.41, 5.74) is 5.83. The minimum atomic E-state index is 0.204. The van der Waals surface area contributed by atoms with Crippen LogP contribution in [0, 0.1) is 5.92 Å². The van der Waals surface area contributed by atoms with Crippen LogP contribution in [0.2, 0.25) is 0 Å². The van der Waals surface area contributed by atoms with Crippen molar-refractivity contribution in [3.05, 3.63) is 0 Å². The van der Waals surface area contributed by atoms with Gasteiger partial charge in [0, 0.05) is 26.2 Å². The average Bonchev–Trinajstić information content (AvgIpc) is 2.33. The number of rotatable bonds is 3. The molecule has 1 aliphatic carbocycles. The highest BCUT2D eigenvalue weighted by Crippen LogP contribution is 2.26. The Morgan fingerprint density at radius 1 is 1.36 bits per heavy atom. The van der Waals surface area contributed by atoms with E-state index in [9.17, 15) is 0 Å². The van der Waals surface area contributed by atoms with Crippen LogP contribution in [0.25, 0.3) is 0 Å². The summed E-state index contributed by atoms with van der Waals surface area (Å²) in [6, 6.07) is 0.208. The summed E-state index contributed by atoms with van der Waals surface area (Å²) in [7, 11) is 3.44. The van der Waals surface area contributed by atoms with Crippen molar-refractivity contribution in [3.63, 3.8) is 0 Å². The van der Waals surface area contributed by atoms with E-state index in [1.807, 2.05) is 0 Å². The van der Waals surface area contributed by atoms with E-state index in [0.29, 0.717) is 5.92 Å². The van der Waals surface area contributed by atoms with Gasteiger partial charge >= 0.3 is 0 Å². The topological polar surface area (TPSA) is 44.5 Å². The molecule has 0 aromatic heterocycles. The SMILES string of the molecule is COC[C@H]1CC[C@@H](N)[C@@H]1OC. The second-order valence-corrected chi connectivity index (χ2v) is 3.16. The molecule has 1 fully saturated rings. The lowest BCUT2D eigenvalue weighted by Crippen LogP contribution is -2.35. The first-order chi connectivity index (χ1) is 5.29. The summed E-state index contributed by atoms with van der Waals surface area (Å²) >= 11 is 0. The third-order valence-electron chi connectivity index (χ3n) is 2.41. The normalized spacial score (nSPS) is 37.9. The summed E-state index contributed by atoms with van der Waals surface area (Å²) in [5.74, 6) is 0.500. The Kier molecular flexibility index (Phi) is 3.30. The van der Waals surface area contributed by atoms with Gasteiger partial charge < -0.3 is 15.2 Å². The molecule has 1 rings (SSSR count). The molecular weight excluding hydrogens is 142 g/mol. The van der Waals surface area contributed by atoms with Crippen LogP contribution in [0.1, 0.15) is 12.8 Å². The molecule has 0 unspecified atom stereocenters. The fourth-order valence-electron chi connectivity index (χ4n) is 1.84. The summed E-state index contributed by atoms with van der Waals surface area (Å²) in [5, 5.41) is 0. The molecule has 0 spiro atoms. The number of methoxy groups -OCH3 is 2. The second-order valence-electron chi connectivity index (χ2n) is 3.16. The van der Waals surface area contributed by atoms with E-state index in [-0.39, 0.29) is 12.1 Å².